The summed E-state index contributed by atoms with van der Waals surface area (Å²) >= 11 is 4.99. The minimum absolute atomic E-state index is 0.316. The Balaban J connectivity index is 1.42. The summed E-state index contributed by atoms with van der Waals surface area (Å²) in [5.41, 5.74) is 0.871. The van der Waals surface area contributed by atoms with E-state index in [0.29, 0.717) is 61.1 Å². The van der Waals surface area contributed by atoms with Gasteiger partial charge < -0.3 is 25.0 Å². The van der Waals surface area contributed by atoms with Gasteiger partial charge in [-0.15, -0.1) is 0 Å². The van der Waals surface area contributed by atoms with Gasteiger partial charge in [-0.2, -0.15) is 5.26 Å². The highest BCUT2D eigenvalue weighted by atomic mass is 32.1. The number of thiocarbonyl (C=S) groups is 1. The van der Waals surface area contributed by atoms with Gasteiger partial charge in [0.1, 0.15) is 23.2 Å². The van der Waals surface area contributed by atoms with Gasteiger partial charge in [-0.25, -0.2) is 9.18 Å². The number of ether oxygens (including phenoxy) is 2. The van der Waals surface area contributed by atoms with E-state index in [9.17, 15) is 10.1 Å². The number of anilines is 3. The van der Waals surface area contributed by atoms with E-state index in [1.54, 1.807) is 26.2 Å². The highest BCUT2D eigenvalue weighted by Gasteiger charge is 2.37. The van der Waals surface area contributed by atoms with Gasteiger partial charge in [0.25, 0.3) is 0 Å². The topological polar surface area (TPSA) is 89.9 Å². The van der Waals surface area contributed by atoms with Crippen molar-refractivity contribution in [2.45, 2.75) is 31.4 Å². The molecule has 2 aliphatic rings. The van der Waals surface area contributed by atoms with Crippen molar-refractivity contribution in [1.82, 2.24) is 5.32 Å². The number of nitriles is 1. The third-order valence-corrected chi connectivity index (χ3v) is 6.49. The smallest absolute Gasteiger partial charge is 0.414 e. The number of carbonyl (C=O) groups excluding carboxylic acids is 1. The maximum absolute atomic E-state index is 15.1. The zero-order valence-electron chi connectivity index (χ0n) is 19.7. The van der Waals surface area contributed by atoms with E-state index in [0.717, 1.165) is 5.69 Å². The van der Waals surface area contributed by atoms with E-state index in [-0.39, 0.29) is 6.10 Å². The molecule has 2 aromatic carbocycles. The number of halogens is 1. The van der Waals surface area contributed by atoms with Crippen LogP contribution in [0, 0.1) is 17.1 Å². The molecule has 2 aliphatic heterocycles. The van der Waals surface area contributed by atoms with E-state index in [4.69, 9.17) is 21.7 Å². The van der Waals surface area contributed by atoms with Gasteiger partial charge >= 0.3 is 6.09 Å². The zero-order chi connectivity index (χ0) is 25.0. The molecule has 8 nitrogen and oxygen atoms in total. The number of amides is 1. The van der Waals surface area contributed by atoms with Crippen molar-refractivity contribution in [3.8, 4) is 11.8 Å². The first-order chi connectivity index (χ1) is 16.8. The number of nitrogens with zero attached hydrogens (tertiary/aromatic N) is 3. The summed E-state index contributed by atoms with van der Waals surface area (Å²) < 4.78 is 25.9. The number of carbonyl (C=O) groups is 1. The van der Waals surface area contributed by atoms with Gasteiger partial charge in [0.05, 0.1) is 48.3 Å². The van der Waals surface area contributed by atoms with Crippen LogP contribution < -0.4 is 25.2 Å². The SMILES string of the molecule is COc1ccccc1NC1(C#N)CCN(c2ccc(N3C[C@H](CNC(C)=S)OC3=O)cc2F)CC1. The molecule has 2 N–H and O–H groups in total. The predicted molar refractivity (Wildman–Crippen MR) is 137 cm³/mol. The lowest BCUT2D eigenvalue weighted by Gasteiger charge is -2.39. The highest BCUT2D eigenvalue weighted by Crippen LogP contribution is 2.35. The zero-order valence-corrected chi connectivity index (χ0v) is 20.5. The van der Waals surface area contributed by atoms with E-state index in [2.05, 4.69) is 16.7 Å². The number of benzene rings is 2. The summed E-state index contributed by atoms with van der Waals surface area (Å²) in [5, 5.41) is 16.3. The fourth-order valence-corrected chi connectivity index (χ4v) is 4.50. The summed E-state index contributed by atoms with van der Waals surface area (Å²) in [6.45, 7) is 3.49. The molecular weight excluding hydrogens is 469 g/mol. The Kier molecular flexibility index (Phi) is 7.26. The average molecular weight is 498 g/mol. The second-order valence-corrected chi connectivity index (χ2v) is 9.31. The van der Waals surface area contributed by atoms with Crippen LogP contribution in [0.3, 0.4) is 0 Å². The molecule has 10 heteroatoms. The minimum atomic E-state index is -0.773. The fourth-order valence-electron chi connectivity index (χ4n) is 4.42. The Morgan fingerprint density at radius 1 is 1.31 bits per heavy atom. The lowest BCUT2D eigenvalue weighted by atomic mass is 9.88. The Morgan fingerprint density at radius 3 is 2.71 bits per heavy atom. The van der Waals surface area contributed by atoms with E-state index < -0.39 is 17.4 Å². The van der Waals surface area contributed by atoms with Gasteiger partial charge in [-0.3, -0.25) is 4.90 Å². The van der Waals surface area contributed by atoms with Gasteiger partial charge in [-0.1, -0.05) is 24.4 Å². The molecule has 2 aromatic rings. The molecule has 35 heavy (non-hydrogen) atoms. The third kappa shape index (κ3) is 5.41. The van der Waals surface area contributed by atoms with Crippen LogP contribution in [0.4, 0.5) is 26.2 Å². The van der Waals surface area contributed by atoms with Crippen LogP contribution in [0.5, 0.6) is 5.75 Å². The lowest BCUT2D eigenvalue weighted by Crippen LogP contribution is -2.48. The molecule has 184 valence electrons. The van der Waals surface area contributed by atoms with Crippen molar-refractivity contribution in [3.05, 3.63) is 48.3 Å². The molecule has 0 saturated carbocycles. The minimum Gasteiger partial charge on any atom is -0.495 e. The monoisotopic (exact) mass is 497 g/mol. The summed E-state index contributed by atoms with van der Waals surface area (Å²) in [6, 6.07) is 14.7. The molecule has 4 rings (SSSR count). The van der Waals surface area contributed by atoms with E-state index >= 15 is 4.39 Å². The summed E-state index contributed by atoms with van der Waals surface area (Å²) in [4.78, 5) is 16.3. The molecule has 0 unspecified atom stereocenters. The van der Waals surface area contributed by atoms with Crippen LogP contribution in [0.1, 0.15) is 19.8 Å². The number of para-hydroxylation sites is 2. The number of hydrogen-bond acceptors (Lipinski definition) is 7. The lowest BCUT2D eigenvalue weighted by molar-refractivity contribution is 0.143. The quantitative estimate of drug-likeness (QED) is 0.554. The molecule has 1 atom stereocenters. The maximum Gasteiger partial charge on any atom is 0.414 e. The average Bonchev–Trinajstić information content (AvgIpc) is 3.24. The van der Waals surface area contributed by atoms with Crippen LogP contribution in [-0.2, 0) is 4.74 Å². The second kappa shape index (κ2) is 10.4. The summed E-state index contributed by atoms with van der Waals surface area (Å²) in [5.74, 6) is 0.246. The second-order valence-electron chi connectivity index (χ2n) is 8.70. The van der Waals surface area contributed by atoms with E-state index in [1.807, 2.05) is 29.2 Å². The molecule has 2 saturated heterocycles. The van der Waals surface area contributed by atoms with Crippen molar-refractivity contribution in [1.29, 1.82) is 5.26 Å². The van der Waals surface area contributed by atoms with Crippen molar-refractivity contribution in [3.63, 3.8) is 0 Å². The van der Waals surface area contributed by atoms with Crippen LogP contribution in [0.15, 0.2) is 42.5 Å². The maximum atomic E-state index is 15.1. The van der Waals surface area contributed by atoms with E-state index in [1.165, 1.54) is 11.0 Å². The Hall–Kier alpha value is -3.58. The number of rotatable bonds is 7. The standard InChI is InChI=1S/C25H28FN5O3S/c1-17(35)28-14-19-15-31(24(32)34-19)18-7-8-22(20(26)13-18)30-11-9-25(16-27,10-12-30)29-21-5-3-4-6-23(21)33-2/h3-8,13,19,29H,9-12,14-15H2,1-2H3,(H,28,35)/t19-/m0/s1. The number of piperidine rings is 1. The number of cyclic esters (lactones) is 1. The largest absolute Gasteiger partial charge is 0.495 e. The first-order valence-corrected chi connectivity index (χ1v) is 11.8. The molecule has 0 spiro atoms. The first-order valence-electron chi connectivity index (χ1n) is 11.4. The molecule has 2 fully saturated rings. The third-order valence-electron chi connectivity index (χ3n) is 6.35. The van der Waals surface area contributed by atoms with Gasteiger partial charge in [0.15, 0.2) is 0 Å². The van der Waals surface area contributed by atoms with Gasteiger partial charge in [-0.05, 0) is 37.3 Å². The van der Waals surface area contributed by atoms with Gasteiger partial charge in [0, 0.05) is 25.9 Å². The van der Waals surface area contributed by atoms with Crippen molar-refractivity contribution in [2.24, 2.45) is 0 Å². The van der Waals surface area contributed by atoms with Crippen molar-refractivity contribution in [2.75, 3.05) is 48.4 Å². The molecule has 1 amide bonds. The van der Waals surface area contributed by atoms with Crippen molar-refractivity contribution >= 4 is 40.4 Å². The predicted octanol–water partition coefficient (Wildman–Crippen LogP) is 4.07. The normalized spacial score (nSPS) is 19.0. The van der Waals surface area contributed by atoms with Crippen LogP contribution in [-0.4, -0.2) is 56.0 Å². The Morgan fingerprint density at radius 2 is 2.06 bits per heavy atom. The van der Waals surface area contributed by atoms with Crippen LogP contribution in [0.2, 0.25) is 0 Å². The molecule has 2 heterocycles. The molecule has 0 aromatic heterocycles. The molecular formula is C25H28FN5O3S. The number of hydrogen-bond donors (Lipinski definition) is 2. The number of nitrogens with one attached hydrogen (secondary N) is 2. The first kappa shape index (κ1) is 24.5. The molecule has 0 bridgehead atoms. The van der Waals surface area contributed by atoms with Crippen LogP contribution >= 0.6 is 12.2 Å². The molecule has 0 aliphatic carbocycles. The summed E-state index contributed by atoms with van der Waals surface area (Å²) in [6.07, 6.45) is 0.148. The fraction of sp³-hybridized carbons (Fsp3) is 0.400. The summed E-state index contributed by atoms with van der Waals surface area (Å²) in [7, 11) is 1.59. The Bertz CT molecular complexity index is 1150. The molecule has 0 radical (unpaired) electrons. The Labute approximate surface area is 209 Å². The number of methoxy groups -OCH3 is 1. The van der Waals surface area contributed by atoms with Crippen LogP contribution in [0.25, 0.3) is 0 Å². The van der Waals surface area contributed by atoms with Gasteiger partial charge in [0.2, 0.25) is 0 Å². The van der Waals surface area contributed by atoms with Crippen molar-refractivity contribution < 1.29 is 18.7 Å². The highest BCUT2D eigenvalue weighted by molar-refractivity contribution is 7.80.